The van der Waals surface area contributed by atoms with Crippen molar-refractivity contribution in [1.29, 1.82) is 0 Å². The number of hydrogen-bond acceptors (Lipinski definition) is 5. The molecule has 0 spiro atoms. The first kappa shape index (κ1) is 14.1. The topological polar surface area (TPSA) is 78.6 Å². The minimum atomic E-state index is -2.95. The van der Waals surface area contributed by atoms with Crippen LogP contribution in [0.2, 0.25) is 0 Å². The smallest absolute Gasteiger partial charge is 0.154 e. The van der Waals surface area contributed by atoms with Crippen LogP contribution >= 0.6 is 0 Å². The van der Waals surface area contributed by atoms with Crippen molar-refractivity contribution in [3.63, 3.8) is 0 Å². The van der Waals surface area contributed by atoms with Gasteiger partial charge >= 0.3 is 0 Å². The normalized spacial score (nSPS) is 23.0. The van der Waals surface area contributed by atoms with Gasteiger partial charge in [-0.1, -0.05) is 6.07 Å². The first-order chi connectivity index (χ1) is 8.91. The Morgan fingerprint density at radius 2 is 2.16 bits per heavy atom. The van der Waals surface area contributed by atoms with E-state index >= 15 is 0 Å². The summed E-state index contributed by atoms with van der Waals surface area (Å²) < 4.78 is 33.9. The molecule has 1 aromatic carbocycles. The van der Waals surface area contributed by atoms with Crippen LogP contribution in [0.5, 0.6) is 11.5 Å². The van der Waals surface area contributed by atoms with E-state index in [1.165, 1.54) is 0 Å². The van der Waals surface area contributed by atoms with Crippen molar-refractivity contribution < 1.29 is 17.9 Å². The van der Waals surface area contributed by atoms with E-state index in [1.807, 2.05) is 19.1 Å². The Morgan fingerprint density at radius 1 is 1.42 bits per heavy atom. The molecule has 0 saturated carbocycles. The summed E-state index contributed by atoms with van der Waals surface area (Å²) in [5.74, 6) is 1.54. The van der Waals surface area contributed by atoms with Gasteiger partial charge < -0.3 is 15.2 Å². The van der Waals surface area contributed by atoms with E-state index in [4.69, 9.17) is 15.2 Å². The zero-order chi connectivity index (χ0) is 14.0. The Kier molecular flexibility index (Phi) is 4.01. The zero-order valence-electron chi connectivity index (χ0n) is 11.1. The molecule has 2 N–H and O–H groups in total. The van der Waals surface area contributed by atoms with Gasteiger partial charge in [0.1, 0.15) is 17.6 Å². The molecule has 0 bridgehead atoms. The molecule has 2 rings (SSSR count). The van der Waals surface area contributed by atoms with E-state index < -0.39 is 9.84 Å². The van der Waals surface area contributed by atoms with E-state index in [9.17, 15) is 8.42 Å². The monoisotopic (exact) mass is 285 g/mol. The molecule has 1 heterocycles. The Morgan fingerprint density at radius 3 is 2.68 bits per heavy atom. The third kappa shape index (κ3) is 3.39. The summed E-state index contributed by atoms with van der Waals surface area (Å²) in [6, 6.07) is 5.24. The van der Waals surface area contributed by atoms with Crippen LogP contribution in [-0.4, -0.2) is 33.1 Å². The molecule has 106 valence electrons. The maximum Gasteiger partial charge on any atom is 0.154 e. The van der Waals surface area contributed by atoms with E-state index in [0.29, 0.717) is 17.9 Å². The Bertz CT molecular complexity index is 554. The standard InChI is InChI=1S/C13H19NO4S/c1-9(14)12-4-3-10(17-2)7-13(12)18-11-5-6-19(15,16)8-11/h3-4,7,9,11H,5-6,8,14H2,1-2H3. The first-order valence-electron chi connectivity index (χ1n) is 6.22. The van der Waals surface area contributed by atoms with Crippen molar-refractivity contribution >= 4 is 9.84 Å². The summed E-state index contributed by atoms with van der Waals surface area (Å²) in [5, 5.41) is 0. The minimum absolute atomic E-state index is 0.0720. The van der Waals surface area contributed by atoms with E-state index in [0.717, 1.165) is 5.56 Å². The highest BCUT2D eigenvalue weighted by Gasteiger charge is 2.30. The van der Waals surface area contributed by atoms with Gasteiger partial charge in [-0.05, 0) is 19.4 Å². The molecule has 19 heavy (non-hydrogen) atoms. The van der Waals surface area contributed by atoms with Gasteiger partial charge in [-0.3, -0.25) is 0 Å². The molecule has 0 radical (unpaired) electrons. The summed E-state index contributed by atoms with van der Waals surface area (Å²) in [6.07, 6.45) is 0.229. The summed E-state index contributed by atoms with van der Waals surface area (Å²) in [7, 11) is -1.38. The Balaban J connectivity index is 2.23. The number of methoxy groups -OCH3 is 1. The molecular weight excluding hydrogens is 266 g/mol. The molecule has 1 saturated heterocycles. The van der Waals surface area contributed by atoms with Gasteiger partial charge in [-0.25, -0.2) is 8.42 Å². The number of sulfone groups is 1. The number of ether oxygens (including phenoxy) is 2. The van der Waals surface area contributed by atoms with Crippen LogP contribution < -0.4 is 15.2 Å². The average molecular weight is 285 g/mol. The summed E-state index contributed by atoms with van der Waals surface area (Å²) in [5.41, 5.74) is 6.75. The van der Waals surface area contributed by atoms with Crippen LogP contribution in [0.15, 0.2) is 18.2 Å². The van der Waals surface area contributed by atoms with E-state index in [2.05, 4.69) is 0 Å². The lowest BCUT2D eigenvalue weighted by atomic mass is 10.1. The average Bonchev–Trinajstić information content (AvgIpc) is 2.68. The molecule has 2 atom stereocenters. The molecule has 0 amide bonds. The van der Waals surface area contributed by atoms with Crippen molar-refractivity contribution in [2.45, 2.75) is 25.5 Å². The molecule has 1 aliphatic heterocycles. The number of hydrogen-bond donors (Lipinski definition) is 1. The molecular formula is C13H19NO4S. The van der Waals surface area contributed by atoms with Crippen LogP contribution in [-0.2, 0) is 9.84 Å². The van der Waals surface area contributed by atoms with Gasteiger partial charge in [-0.2, -0.15) is 0 Å². The van der Waals surface area contributed by atoms with Crippen LogP contribution in [0.3, 0.4) is 0 Å². The molecule has 0 aliphatic carbocycles. The zero-order valence-corrected chi connectivity index (χ0v) is 11.9. The minimum Gasteiger partial charge on any atom is -0.497 e. The van der Waals surface area contributed by atoms with Gasteiger partial charge in [0.15, 0.2) is 9.84 Å². The molecule has 1 aliphatic rings. The highest BCUT2D eigenvalue weighted by atomic mass is 32.2. The van der Waals surface area contributed by atoms with Crippen LogP contribution in [0.4, 0.5) is 0 Å². The molecule has 1 fully saturated rings. The molecule has 5 nitrogen and oxygen atoms in total. The van der Waals surface area contributed by atoms with Gasteiger partial charge in [0.2, 0.25) is 0 Å². The fourth-order valence-corrected chi connectivity index (χ4v) is 3.74. The van der Waals surface area contributed by atoms with Gasteiger partial charge in [-0.15, -0.1) is 0 Å². The highest BCUT2D eigenvalue weighted by Crippen LogP contribution is 2.31. The second-order valence-electron chi connectivity index (χ2n) is 4.84. The Labute approximate surface area is 113 Å². The third-order valence-corrected chi connectivity index (χ3v) is 4.93. The Hall–Kier alpha value is -1.27. The van der Waals surface area contributed by atoms with Crippen molar-refractivity contribution in [2.75, 3.05) is 18.6 Å². The van der Waals surface area contributed by atoms with Crippen LogP contribution in [0.1, 0.15) is 24.9 Å². The van der Waals surface area contributed by atoms with Crippen molar-refractivity contribution in [3.8, 4) is 11.5 Å². The predicted molar refractivity (Wildman–Crippen MR) is 73.3 cm³/mol. The second kappa shape index (κ2) is 5.38. The molecule has 2 unspecified atom stereocenters. The summed E-state index contributed by atoms with van der Waals surface area (Å²) in [4.78, 5) is 0. The largest absolute Gasteiger partial charge is 0.497 e. The number of nitrogens with two attached hydrogens (primary N) is 1. The van der Waals surface area contributed by atoms with Gasteiger partial charge in [0, 0.05) is 17.7 Å². The lowest BCUT2D eigenvalue weighted by Gasteiger charge is -2.18. The van der Waals surface area contributed by atoms with E-state index in [1.54, 1.807) is 13.2 Å². The highest BCUT2D eigenvalue weighted by molar-refractivity contribution is 7.91. The summed E-state index contributed by atoms with van der Waals surface area (Å²) in [6.45, 7) is 1.86. The van der Waals surface area contributed by atoms with Gasteiger partial charge in [0.05, 0.1) is 18.6 Å². The maximum atomic E-state index is 11.4. The lowest BCUT2D eigenvalue weighted by Crippen LogP contribution is -2.19. The molecule has 1 aromatic rings. The molecule has 0 aromatic heterocycles. The van der Waals surface area contributed by atoms with Crippen LogP contribution in [0.25, 0.3) is 0 Å². The summed E-state index contributed by atoms with van der Waals surface area (Å²) >= 11 is 0. The third-order valence-electron chi connectivity index (χ3n) is 3.20. The number of rotatable bonds is 4. The van der Waals surface area contributed by atoms with E-state index in [-0.39, 0.29) is 23.7 Å². The first-order valence-corrected chi connectivity index (χ1v) is 8.04. The van der Waals surface area contributed by atoms with Crippen molar-refractivity contribution in [3.05, 3.63) is 23.8 Å². The van der Waals surface area contributed by atoms with Gasteiger partial charge in [0.25, 0.3) is 0 Å². The SMILES string of the molecule is COc1ccc(C(C)N)c(OC2CCS(=O)(=O)C2)c1. The van der Waals surface area contributed by atoms with Crippen LogP contribution in [0, 0.1) is 0 Å². The maximum absolute atomic E-state index is 11.4. The fourth-order valence-electron chi connectivity index (χ4n) is 2.15. The quantitative estimate of drug-likeness (QED) is 0.901. The van der Waals surface area contributed by atoms with Crippen molar-refractivity contribution in [2.24, 2.45) is 5.73 Å². The predicted octanol–water partition coefficient (Wildman–Crippen LogP) is 1.28. The molecule has 6 heteroatoms. The lowest BCUT2D eigenvalue weighted by molar-refractivity contribution is 0.224. The fraction of sp³-hybridized carbons (Fsp3) is 0.538. The second-order valence-corrected chi connectivity index (χ2v) is 7.06. The van der Waals surface area contributed by atoms with Crippen molar-refractivity contribution in [1.82, 2.24) is 0 Å². The number of benzene rings is 1.